The summed E-state index contributed by atoms with van der Waals surface area (Å²) in [6.45, 7) is 4.26. The lowest BCUT2D eigenvalue weighted by atomic mass is 9.94. The number of hydrogen-bond acceptors (Lipinski definition) is 2. The summed E-state index contributed by atoms with van der Waals surface area (Å²) >= 11 is 0. The van der Waals surface area contributed by atoms with Gasteiger partial charge in [0.15, 0.2) is 0 Å². The zero-order chi connectivity index (χ0) is 27.0. The lowest BCUT2D eigenvalue weighted by Gasteiger charge is -2.24. The zero-order valence-electron chi connectivity index (χ0n) is 21.5. The van der Waals surface area contributed by atoms with E-state index < -0.39 is 9.84 Å². The molecular weight excluding hydrogens is 510 g/mol. The summed E-state index contributed by atoms with van der Waals surface area (Å²) in [5, 5.41) is 4.59. The third-order valence-corrected chi connectivity index (χ3v) is 10.00. The van der Waals surface area contributed by atoms with Crippen LogP contribution in [-0.4, -0.2) is 13.0 Å². The second-order valence-corrected chi connectivity index (χ2v) is 12.1. The first kappa shape index (κ1) is 23.0. The maximum atomic E-state index is 13.8. The molecule has 0 saturated carbocycles. The monoisotopic (exact) mass is 533 g/mol. The SMILES string of the molecule is C=C1c2ccccc2S(=O)(=O)c2c1cccc2-c1ccc2cc(-n3c4ccccc4c4ccccc43)ccc2c1. The van der Waals surface area contributed by atoms with Crippen molar-refractivity contribution in [2.75, 3.05) is 0 Å². The van der Waals surface area contributed by atoms with Gasteiger partial charge in [-0.2, -0.15) is 0 Å². The van der Waals surface area contributed by atoms with Gasteiger partial charge in [0.05, 0.1) is 20.8 Å². The number of fused-ring (bicyclic) bond motifs is 6. The molecule has 0 fully saturated rings. The van der Waals surface area contributed by atoms with E-state index in [0.29, 0.717) is 26.5 Å². The summed E-state index contributed by atoms with van der Waals surface area (Å²) in [7, 11) is -3.71. The Kier molecular flexibility index (Phi) is 4.76. The Hall–Kier alpha value is -4.93. The second kappa shape index (κ2) is 8.28. The molecule has 0 radical (unpaired) electrons. The van der Waals surface area contributed by atoms with Crippen molar-refractivity contribution < 1.29 is 8.42 Å². The van der Waals surface area contributed by atoms with Crippen LogP contribution < -0.4 is 0 Å². The van der Waals surface area contributed by atoms with Crippen molar-refractivity contribution in [3.05, 3.63) is 145 Å². The van der Waals surface area contributed by atoms with E-state index in [1.807, 2.05) is 36.4 Å². The van der Waals surface area contributed by atoms with Gasteiger partial charge in [0.1, 0.15) is 0 Å². The number of nitrogens with zero attached hydrogens (tertiary/aromatic N) is 1. The zero-order valence-corrected chi connectivity index (χ0v) is 22.3. The summed E-state index contributed by atoms with van der Waals surface area (Å²) in [4.78, 5) is 0.650. The lowest BCUT2D eigenvalue weighted by molar-refractivity contribution is 0.595. The summed E-state index contributed by atoms with van der Waals surface area (Å²) in [5.41, 5.74) is 7.05. The van der Waals surface area contributed by atoms with Crippen LogP contribution in [0.1, 0.15) is 11.1 Å². The predicted molar refractivity (Wildman–Crippen MR) is 164 cm³/mol. The van der Waals surface area contributed by atoms with E-state index in [0.717, 1.165) is 27.6 Å². The number of rotatable bonds is 2. The van der Waals surface area contributed by atoms with Crippen molar-refractivity contribution in [2.24, 2.45) is 0 Å². The Bertz CT molecular complexity index is 2250. The van der Waals surface area contributed by atoms with E-state index in [1.54, 1.807) is 12.1 Å². The Morgan fingerprint density at radius 1 is 0.550 bits per heavy atom. The molecule has 0 N–H and O–H groups in total. The van der Waals surface area contributed by atoms with Crippen LogP contribution in [0.25, 0.3) is 55.0 Å². The first-order chi connectivity index (χ1) is 19.5. The van der Waals surface area contributed by atoms with E-state index in [2.05, 4.69) is 90.0 Å². The van der Waals surface area contributed by atoms with Gasteiger partial charge in [-0.25, -0.2) is 8.42 Å². The van der Waals surface area contributed by atoms with Crippen molar-refractivity contribution in [1.82, 2.24) is 4.57 Å². The Morgan fingerprint density at radius 3 is 1.93 bits per heavy atom. The highest BCUT2D eigenvalue weighted by Gasteiger charge is 2.33. The molecule has 40 heavy (non-hydrogen) atoms. The molecule has 0 bridgehead atoms. The van der Waals surface area contributed by atoms with Crippen LogP contribution in [0.2, 0.25) is 0 Å². The number of para-hydroxylation sites is 2. The summed E-state index contributed by atoms with van der Waals surface area (Å²) in [6, 6.07) is 42.4. The molecule has 0 spiro atoms. The fourth-order valence-electron chi connectivity index (χ4n) is 6.24. The maximum absolute atomic E-state index is 13.8. The molecule has 0 unspecified atom stereocenters. The van der Waals surface area contributed by atoms with E-state index in [1.165, 1.54) is 21.8 Å². The van der Waals surface area contributed by atoms with Gasteiger partial charge < -0.3 is 4.57 Å². The summed E-state index contributed by atoms with van der Waals surface area (Å²) in [6.07, 6.45) is 0. The molecule has 4 heteroatoms. The molecule has 190 valence electrons. The molecule has 2 heterocycles. The van der Waals surface area contributed by atoms with Crippen molar-refractivity contribution in [3.63, 3.8) is 0 Å². The molecule has 1 aromatic heterocycles. The topological polar surface area (TPSA) is 39.1 Å². The van der Waals surface area contributed by atoms with E-state index in [4.69, 9.17) is 0 Å². The van der Waals surface area contributed by atoms with Gasteiger partial charge in [0.2, 0.25) is 9.84 Å². The Labute approximate surface area is 232 Å². The highest BCUT2D eigenvalue weighted by molar-refractivity contribution is 7.92. The van der Waals surface area contributed by atoms with E-state index in [-0.39, 0.29) is 0 Å². The van der Waals surface area contributed by atoms with Crippen LogP contribution in [0.5, 0.6) is 0 Å². The molecule has 0 atom stereocenters. The van der Waals surface area contributed by atoms with Crippen LogP contribution in [0.4, 0.5) is 0 Å². The fraction of sp³-hybridized carbons (Fsp3) is 0. The second-order valence-electron chi connectivity index (χ2n) is 10.3. The lowest BCUT2D eigenvalue weighted by Crippen LogP contribution is -2.14. The first-order valence-electron chi connectivity index (χ1n) is 13.2. The van der Waals surface area contributed by atoms with Crippen molar-refractivity contribution >= 4 is 48.0 Å². The predicted octanol–water partition coefficient (Wildman–Crippen LogP) is 8.81. The summed E-state index contributed by atoms with van der Waals surface area (Å²) in [5.74, 6) is 0. The first-order valence-corrected chi connectivity index (χ1v) is 14.7. The Balaban J connectivity index is 1.30. The van der Waals surface area contributed by atoms with E-state index >= 15 is 0 Å². The molecule has 0 amide bonds. The van der Waals surface area contributed by atoms with Crippen LogP contribution in [0, 0.1) is 0 Å². The average Bonchev–Trinajstić information content (AvgIpc) is 3.34. The number of benzene rings is 6. The van der Waals surface area contributed by atoms with E-state index in [9.17, 15) is 8.42 Å². The average molecular weight is 534 g/mol. The third kappa shape index (κ3) is 3.14. The van der Waals surface area contributed by atoms with Gasteiger partial charge in [0, 0.05) is 33.2 Å². The van der Waals surface area contributed by atoms with Crippen LogP contribution in [0.3, 0.4) is 0 Å². The Morgan fingerprint density at radius 2 is 1.15 bits per heavy atom. The number of hydrogen-bond donors (Lipinski definition) is 0. The minimum atomic E-state index is -3.71. The maximum Gasteiger partial charge on any atom is 0.208 e. The van der Waals surface area contributed by atoms with Crippen molar-refractivity contribution in [2.45, 2.75) is 9.79 Å². The van der Waals surface area contributed by atoms with Crippen LogP contribution in [0.15, 0.2) is 144 Å². The van der Waals surface area contributed by atoms with Gasteiger partial charge in [0.25, 0.3) is 0 Å². The van der Waals surface area contributed by atoms with Crippen molar-refractivity contribution in [3.8, 4) is 16.8 Å². The quantitative estimate of drug-likeness (QED) is 0.223. The van der Waals surface area contributed by atoms with Gasteiger partial charge >= 0.3 is 0 Å². The molecule has 6 aromatic carbocycles. The summed E-state index contributed by atoms with van der Waals surface area (Å²) < 4.78 is 30.0. The molecule has 8 rings (SSSR count). The highest BCUT2D eigenvalue weighted by atomic mass is 32.2. The minimum Gasteiger partial charge on any atom is -0.309 e. The molecule has 7 aromatic rings. The smallest absolute Gasteiger partial charge is 0.208 e. The molecule has 1 aliphatic heterocycles. The molecular formula is C36H23NO2S. The van der Waals surface area contributed by atoms with Crippen molar-refractivity contribution in [1.29, 1.82) is 0 Å². The molecule has 3 nitrogen and oxygen atoms in total. The highest BCUT2D eigenvalue weighted by Crippen LogP contribution is 2.45. The standard InChI is InChI=1S/C36H23NO2S/c1-23-28-9-4-7-16-35(28)40(38,39)36-29(23)12-8-13-30(36)26-18-17-25-22-27(20-19-24(25)21-26)37-33-14-5-2-10-31(33)32-11-3-6-15-34(32)37/h2-22H,1H2. The number of aromatic nitrogens is 1. The third-order valence-electron chi connectivity index (χ3n) is 8.08. The van der Waals surface area contributed by atoms with Crippen LogP contribution >= 0.6 is 0 Å². The number of sulfone groups is 1. The minimum absolute atomic E-state index is 0.316. The molecule has 1 aliphatic rings. The van der Waals surface area contributed by atoms with Crippen LogP contribution in [-0.2, 0) is 9.84 Å². The van der Waals surface area contributed by atoms with Gasteiger partial charge in [-0.15, -0.1) is 0 Å². The van der Waals surface area contributed by atoms with Gasteiger partial charge in [-0.05, 0) is 58.3 Å². The van der Waals surface area contributed by atoms with Gasteiger partial charge in [-0.1, -0.05) is 97.6 Å². The molecule has 0 aliphatic carbocycles. The largest absolute Gasteiger partial charge is 0.309 e. The fourth-order valence-corrected chi connectivity index (χ4v) is 8.15. The molecule has 0 saturated heterocycles. The normalized spacial score (nSPS) is 13.9. The van der Waals surface area contributed by atoms with Gasteiger partial charge in [-0.3, -0.25) is 0 Å².